The van der Waals surface area contributed by atoms with Crippen LogP contribution in [0.3, 0.4) is 0 Å². The summed E-state index contributed by atoms with van der Waals surface area (Å²) in [7, 11) is 0. The molecule has 0 radical (unpaired) electrons. The maximum atomic E-state index is 12.2. The molecule has 0 atom stereocenters. The Morgan fingerprint density at radius 3 is 2.29 bits per heavy atom. The first-order valence-electron chi connectivity index (χ1n) is 6.56. The van der Waals surface area contributed by atoms with E-state index in [1.807, 2.05) is 0 Å². The van der Waals surface area contributed by atoms with Gasteiger partial charge in [0.15, 0.2) is 0 Å². The summed E-state index contributed by atoms with van der Waals surface area (Å²) in [6.45, 7) is 3.37. The summed E-state index contributed by atoms with van der Waals surface area (Å²) in [4.78, 5) is 12.2. The molecule has 0 aliphatic carbocycles. The van der Waals surface area contributed by atoms with E-state index in [-0.39, 0.29) is 5.91 Å². The van der Waals surface area contributed by atoms with E-state index in [1.54, 1.807) is 56.3 Å². The highest BCUT2D eigenvalue weighted by atomic mass is 16.3. The van der Waals surface area contributed by atoms with Gasteiger partial charge in [-0.2, -0.15) is 0 Å². The number of hydrogen-bond donors (Lipinski definition) is 4. The van der Waals surface area contributed by atoms with Gasteiger partial charge in [0.2, 0.25) is 0 Å². The molecule has 1 amide bonds. The number of carbonyl (C=O) groups excluding carboxylic acids is 1. The van der Waals surface area contributed by atoms with Crippen LogP contribution >= 0.6 is 0 Å². The summed E-state index contributed by atoms with van der Waals surface area (Å²) in [5.74, 6) is -0.304. The van der Waals surface area contributed by atoms with Crippen molar-refractivity contribution in [2.45, 2.75) is 19.4 Å². The number of aliphatic hydroxyl groups is 1. The van der Waals surface area contributed by atoms with Crippen LogP contribution in [0.25, 0.3) is 0 Å². The normalized spacial score (nSPS) is 11.2. The van der Waals surface area contributed by atoms with Gasteiger partial charge in [-0.15, -0.1) is 0 Å². The van der Waals surface area contributed by atoms with E-state index in [0.29, 0.717) is 28.2 Å². The summed E-state index contributed by atoms with van der Waals surface area (Å²) in [6.07, 6.45) is 0. The predicted molar refractivity (Wildman–Crippen MR) is 84.9 cm³/mol. The molecule has 0 aliphatic rings. The van der Waals surface area contributed by atoms with E-state index < -0.39 is 5.60 Å². The Balaban J connectivity index is 2.23. The van der Waals surface area contributed by atoms with E-state index in [4.69, 9.17) is 11.5 Å². The molecule has 5 heteroatoms. The van der Waals surface area contributed by atoms with Gasteiger partial charge in [0.25, 0.3) is 5.91 Å². The molecule has 2 aromatic rings. The van der Waals surface area contributed by atoms with E-state index in [1.165, 1.54) is 0 Å². The summed E-state index contributed by atoms with van der Waals surface area (Å²) >= 11 is 0. The molecular formula is C16H19N3O2. The molecule has 0 unspecified atom stereocenters. The van der Waals surface area contributed by atoms with Gasteiger partial charge in [0.05, 0.1) is 5.60 Å². The number of benzene rings is 2. The maximum Gasteiger partial charge on any atom is 0.255 e. The number of carbonyl (C=O) groups is 1. The third-order valence-corrected chi connectivity index (χ3v) is 3.07. The van der Waals surface area contributed by atoms with Gasteiger partial charge in [-0.25, -0.2) is 0 Å². The Hall–Kier alpha value is -2.53. The molecule has 0 saturated carbocycles. The molecule has 6 N–H and O–H groups in total. The largest absolute Gasteiger partial charge is 0.399 e. The molecule has 110 valence electrons. The van der Waals surface area contributed by atoms with Crippen molar-refractivity contribution in [1.82, 2.24) is 0 Å². The lowest BCUT2D eigenvalue weighted by Gasteiger charge is -2.18. The van der Waals surface area contributed by atoms with Crippen molar-refractivity contribution < 1.29 is 9.90 Å². The fraction of sp³-hybridized carbons (Fsp3) is 0.188. The van der Waals surface area contributed by atoms with Crippen LogP contribution in [0, 0.1) is 0 Å². The Morgan fingerprint density at radius 2 is 1.71 bits per heavy atom. The van der Waals surface area contributed by atoms with E-state index in [0.717, 1.165) is 0 Å². The molecule has 0 aliphatic heterocycles. The second kappa shape index (κ2) is 5.46. The Labute approximate surface area is 123 Å². The lowest BCUT2D eigenvalue weighted by Crippen LogP contribution is -2.17. The monoisotopic (exact) mass is 285 g/mol. The van der Waals surface area contributed by atoms with Crippen molar-refractivity contribution in [3.63, 3.8) is 0 Å². The number of nitrogens with one attached hydrogen (secondary N) is 1. The van der Waals surface area contributed by atoms with Crippen molar-refractivity contribution in [2.24, 2.45) is 0 Å². The lowest BCUT2D eigenvalue weighted by molar-refractivity contribution is 0.0786. The molecule has 0 fully saturated rings. The quantitative estimate of drug-likeness (QED) is 0.650. The van der Waals surface area contributed by atoms with Crippen molar-refractivity contribution in [2.75, 3.05) is 16.8 Å². The predicted octanol–water partition coefficient (Wildman–Crippen LogP) is 2.33. The molecule has 0 aromatic heterocycles. The molecular weight excluding hydrogens is 266 g/mol. The Bertz CT molecular complexity index is 655. The first-order valence-corrected chi connectivity index (χ1v) is 6.56. The summed E-state index contributed by atoms with van der Waals surface area (Å²) in [6, 6.07) is 11.8. The fourth-order valence-electron chi connectivity index (χ4n) is 1.99. The maximum absolute atomic E-state index is 12.2. The summed E-state index contributed by atoms with van der Waals surface area (Å²) in [5, 5.41) is 12.8. The Morgan fingerprint density at radius 1 is 1.10 bits per heavy atom. The van der Waals surface area contributed by atoms with Crippen molar-refractivity contribution in [1.29, 1.82) is 0 Å². The zero-order valence-corrected chi connectivity index (χ0v) is 12.1. The van der Waals surface area contributed by atoms with E-state index >= 15 is 0 Å². The van der Waals surface area contributed by atoms with Crippen molar-refractivity contribution in [3.8, 4) is 0 Å². The molecule has 21 heavy (non-hydrogen) atoms. The number of amides is 1. The lowest BCUT2D eigenvalue weighted by atomic mass is 9.98. The van der Waals surface area contributed by atoms with Gasteiger partial charge in [0, 0.05) is 22.6 Å². The smallest absolute Gasteiger partial charge is 0.255 e. The van der Waals surface area contributed by atoms with Crippen molar-refractivity contribution in [3.05, 3.63) is 53.6 Å². The average molecular weight is 285 g/mol. The van der Waals surface area contributed by atoms with Crippen molar-refractivity contribution >= 4 is 23.0 Å². The third kappa shape index (κ3) is 3.73. The summed E-state index contributed by atoms with van der Waals surface area (Å²) < 4.78 is 0. The zero-order valence-electron chi connectivity index (χ0n) is 12.1. The van der Waals surface area contributed by atoms with E-state index in [9.17, 15) is 9.90 Å². The molecule has 0 saturated heterocycles. The second-order valence-corrected chi connectivity index (χ2v) is 5.48. The highest BCUT2D eigenvalue weighted by Gasteiger charge is 2.16. The van der Waals surface area contributed by atoms with Crippen LogP contribution in [-0.2, 0) is 5.60 Å². The third-order valence-electron chi connectivity index (χ3n) is 3.07. The van der Waals surface area contributed by atoms with Gasteiger partial charge < -0.3 is 21.9 Å². The SMILES string of the molecule is CC(C)(O)c1cccc(NC(=O)c2cc(N)cc(N)c2)c1. The van der Waals surface area contributed by atoms with Crippen LogP contribution in [0.5, 0.6) is 0 Å². The summed E-state index contributed by atoms with van der Waals surface area (Å²) in [5.41, 5.74) is 13.0. The first-order chi connectivity index (χ1) is 9.75. The fourth-order valence-corrected chi connectivity index (χ4v) is 1.99. The minimum Gasteiger partial charge on any atom is -0.399 e. The molecule has 5 nitrogen and oxygen atoms in total. The van der Waals surface area contributed by atoms with Crippen LogP contribution in [0.1, 0.15) is 29.8 Å². The number of nitrogens with two attached hydrogens (primary N) is 2. The molecule has 0 heterocycles. The van der Waals surface area contributed by atoms with Gasteiger partial charge in [-0.3, -0.25) is 4.79 Å². The van der Waals surface area contributed by atoms with Gasteiger partial charge in [-0.05, 0) is 49.7 Å². The van der Waals surface area contributed by atoms with Crippen LogP contribution in [-0.4, -0.2) is 11.0 Å². The standard InChI is InChI=1S/C16H19N3O2/c1-16(2,21)11-4-3-5-14(8-11)19-15(20)10-6-12(17)9-13(18)7-10/h3-9,21H,17-18H2,1-2H3,(H,19,20). The van der Waals surface area contributed by atoms with Crippen LogP contribution in [0.4, 0.5) is 17.1 Å². The highest BCUT2D eigenvalue weighted by Crippen LogP contribution is 2.23. The van der Waals surface area contributed by atoms with Gasteiger partial charge in [0.1, 0.15) is 0 Å². The molecule has 2 rings (SSSR count). The zero-order chi connectivity index (χ0) is 15.6. The topological polar surface area (TPSA) is 101 Å². The van der Waals surface area contributed by atoms with Gasteiger partial charge in [-0.1, -0.05) is 12.1 Å². The van der Waals surface area contributed by atoms with Crippen LogP contribution < -0.4 is 16.8 Å². The average Bonchev–Trinajstić information content (AvgIpc) is 2.37. The molecule has 2 aromatic carbocycles. The molecule has 0 bridgehead atoms. The first kappa shape index (κ1) is 14.9. The van der Waals surface area contributed by atoms with Crippen LogP contribution in [0.15, 0.2) is 42.5 Å². The number of nitrogen functional groups attached to an aromatic ring is 2. The van der Waals surface area contributed by atoms with Crippen LogP contribution in [0.2, 0.25) is 0 Å². The van der Waals surface area contributed by atoms with Gasteiger partial charge >= 0.3 is 0 Å². The minimum atomic E-state index is -0.970. The highest BCUT2D eigenvalue weighted by molar-refractivity contribution is 6.05. The number of anilines is 3. The number of hydrogen-bond acceptors (Lipinski definition) is 4. The number of rotatable bonds is 3. The Kier molecular flexibility index (Phi) is 3.86. The minimum absolute atomic E-state index is 0.304. The van der Waals surface area contributed by atoms with E-state index in [2.05, 4.69) is 5.32 Å². The second-order valence-electron chi connectivity index (χ2n) is 5.48. The molecule has 0 spiro atoms.